The Kier molecular flexibility index (Phi) is 3.71. The lowest BCUT2D eigenvalue weighted by Gasteiger charge is -2.08. The van der Waals surface area contributed by atoms with Crippen molar-refractivity contribution in [2.45, 2.75) is 6.92 Å². The van der Waals surface area contributed by atoms with E-state index in [-0.39, 0.29) is 10.7 Å². The fourth-order valence-corrected chi connectivity index (χ4v) is 1.91. The van der Waals surface area contributed by atoms with Gasteiger partial charge >= 0.3 is 0 Å². The van der Waals surface area contributed by atoms with Crippen LogP contribution in [0.2, 0.25) is 5.02 Å². The van der Waals surface area contributed by atoms with E-state index >= 15 is 0 Å². The molecule has 0 radical (unpaired) electrons. The van der Waals surface area contributed by atoms with Crippen LogP contribution < -0.4 is 11.1 Å². The number of amides is 1. The predicted molar refractivity (Wildman–Crippen MR) is 75.0 cm³/mol. The molecule has 0 spiro atoms. The Hall–Kier alpha value is -2.07. The molecule has 2 aromatic rings. The summed E-state index contributed by atoms with van der Waals surface area (Å²) in [6, 6.07) is 9.37. The maximum atomic E-state index is 13.7. The summed E-state index contributed by atoms with van der Waals surface area (Å²) in [5.41, 5.74) is 7.42. The van der Waals surface area contributed by atoms with Gasteiger partial charge in [-0.05, 0) is 42.8 Å². The number of nitrogen functional groups attached to an aromatic ring is 1. The van der Waals surface area contributed by atoms with Crippen LogP contribution in [0.5, 0.6) is 0 Å². The van der Waals surface area contributed by atoms with E-state index in [1.54, 1.807) is 18.2 Å². The van der Waals surface area contributed by atoms with Gasteiger partial charge in [-0.3, -0.25) is 4.79 Å². The van der Waals surface area contributed by atoms with Crippen LogP contribution in [0, 0.1) is 12.7 Å². The first-order valence-electron chi connectivity index (χ1n) is 5.60. The zero-order valence-electron chi connectivity index (χ0n) is 10.2. The number of carbonyl (C=O) groups excluding carboxylic acids is 1. The topological polar surface area (TPSA) is 55.1 Å². The van der Waals surface area contributed by atoms with E-state index < -0.39 is 11.7 Å². The molecule has 0 aliphatic rings. The van der Waals surface area contributed by atoms with Gasteiger partial charge < -0.3 is 11.1 Å². The Morgan fingerprint density at radius 1 is 1.32 bits per heavy atom. The van der Waals surface area contributed by atoms with Gasteiger partial charge in [0.2, 0.25) is 0 Å². The van der Waals surface area contributed by atoms with E-state index in [2.05, 4.69) is 5.32 Å². The third-order valence-corrected chi connectivity index (χ3v) is 2.85. The number of halogens is 2. The molecular formula is C14H12ClFN2O. The Bertz CT molecular complexity index is 623. The fourth-order valence-electron chi connectivity index (χ4n) is 1.74. The summed E-state index contributed by atoms with van der Waals surface area (Å²) in [4.78, 5) is 12.0. The lowest BCUT2D eigenvalue weighted by atomic mass is 10.1. The molecule has 0 atom stereocenters. The quantitative estimate of drug-likeness (QED) is 0.824. The van der Waals surface area contributed by atoms with Crippen LogP contribution in [-0.4, -0.2) is 5.91 Å². The maximum absolute atomic E-state index is 13.7. The number of nitrogens with one attached hydrogen (secondary N) is 1. The SMILES string of the molecule is Cc1cc(N)cc(C(=O)Nc2cccc(Cl)c2F)c1. The molecule has 3 nitrogen and oxygen atoms in total. The number of aryl methyl sites for hydroxylation is 1. The van der Waals surface area contributed by atoms with Crippen LogP contribution >= 0.6 is 11.6 Å². The van der Waals surface area contributed by atoms with Crippen molar-refractivity contribution in [2.75, 3.05) is 11.1 Å². The number of hydrogen-bond donors (Lipinski definition) is 2. The lowest BCUT2D eigenvalue weighted by Crippen LogP contribution is -2.13. The summed E-state index contributed by atoms with van der Waals surface area (Å²) >= 11 is 5.65. The minimum absolute atomic E-state index is 0.0394. The standard InChI is InChI=1S/C14H12ClFN2O/c1-8-5-9(7-10(17)6-8)14(19)18-12-4-2-3-11(15)13(12)16/h2-7H,17H2,1H3,(H,18,19). The van der Waals surface area contributed by atoms with Gasteiger partial charge in [0.05, 0.1) is 10.7 Å². The smallest absolute Gasteiger partial charge is 0.255 e. The van der Waals surface area contributed by atoms with Crippen molar-refractivity contribution in [3.8, 4) is 0 Å². The van der Waals surface area contributed by atoms with E-state index in [0.29, 0.717) is 11.3 Å². The molecule has 0 aromatic heterocycles. The number of rotatable bonds is 2. The van der Waals surface area contributed by atoms with Crippen LogP contribution in [0.3, 0.4) is 0 Å². The van der Waals surface area contributed by atoms with E-state index in [4.69, 9.17) is 17.3 Å². The van der Waals surface area contributed by atoms with Gasteiger partial charge in [-0.1, -0.05) is 17.7 Å². The Morgan fingerprint density at radius 2 is 2.05 bits per heavy atom. The average Bonchev–Trinajstić information content (AvgIpc) is 2.33. The molecular weight excluding hydrogens is 267 g/mol. The third-order valence-electron chi connectivity index (χ3n) is 2.56. The number of nitrogens with two attached hydrogens (primary N) is 1. The van der Waals surface area contributed by atoms with Gasteiger partial charge in [0.1, 0.15) is 0 Å². The van der Waals surface area contributed by atoms with Crippen LogP contribution in [0.25, 0.3) is 0 Å². The molecule has 0 aliphatic carbocycles. The van der Waals surface area contributed by atoms with Crippen molar-refractivity contribution in [3.05, 3.63) is 58.4 Å². The summed E-state index contributed by atoms with van der Waals surface area (Å²) in [6.07, 6.45) is 0. The first-order chi connectivity index (χ1) is 8.97. The van der Waals surface area contributed by atoms with Crippen LogP contribution in [0.1, 0.15) is 15.9 Å². The van der Waals surface area contributed by atoms with Gasteiger partial charge in [-0.15, -0.1) is 0 Å². The highest BCUT2D eigenvalue weighted by atomic mass is 35.5. The van der Waals surface area contributed by atoms with Crippen molar-refractivity contribution in [1.29, 1.82) is 0 Å². The summed E-state index contributed by atoms with van der Waals surface area (Å²) < 4.78 is 13.7. The van der Waals surface area contributed by atoms with Crippen molar-refractivity contribution < 1.29 is 9.18 Å². The summed E-state index contributed by atoms with van der Waals surface area (Å²) in [5.74, 6) is -1.09. The second-order valence-electron chi connectivity index (χ2n) is 4.19. The zero-order valence-corrected chi connectivity index (χ0v) is 11.0. The predicted octanol–water partition coefficient (Wildman–Crippen LogP) is 3.62. The van der Waals surface area contributed by atoms with Crippen LogP contribution in [0.4, 0.5) is 15.8 Å². The first kappa shape index (κ1) is 13.4. The zero-order chi connectivity index (χ0) is 14.0. The van der Waals surface area contributed by atoms with E-state index in [1.165, 1.54) is 18.2 Å². The summed E-state index contributed by atoms with van der Waals surface area (Å²) in [7, 11) is 0. The fraction of sp³-hybridized carbons (Fsp3) is 0.0714. The highest BCUT2D eigenvalue weighted by Gasteiger charge is 2.12. The molecule has 98 valence electrons. The number of hydrogen-bond acceptors (Lipinski definition) is 2. The minimum atomic E-state index is -0.654. The molecule has 3 N–H and O–H groups in total. The largest absolute Gasteiger partial charge is 0.399 e. The van der Waals surface area contributed by atoms with Crippen LogP contribution in [-0.2, 0) is 0 Å². The molecule has 0 saturated heterocycles. The second kappa shape index (κ2) is 5.28. The summed E-state index contributed by atoms with van der Waals surface area (Å²) in [5, 5.41) is 2.43. The molecule has 19 heavy (non-hydrogen) atoms. The molecule has 0 heterocycles. The van der Waals surface area contributed by atoms with Gasteiger partial charge in [0.15, 0.2) is 5.82 Å². The molecule has 2 rings (SSSR count). The monoisotopic (exact) mass is 278 g/mol. The molecule has 0 fully saturated rings. The van der Waals surface area contributed by atoms with Gasteiger partial charge in [0.25, 0.3) is 5.91 Å². The summed E-state index contributed by atoms with van der Waals surface area (Å²) in [6.45, 7) is 1.83. The third kappa shape index (κ3) is 3.03. The molecule has 5 heteroatoms. The minimum Gasteiger partial charge on any atom is -0.399 e. The molecule has 0 saturated carbocycles. The van der Waals surface area contributed by atoms with Crippen LogP contribution in [0.15, 0.2) is 36.4 Å². The van der Waals surface area contributed by atoms with E-state index in [9.17, 15) is 9.18 Å². The normalized spacial score (nSPS) is 10.3. The molecule has 2 aromatic carbocycles. The highest BCUT2D eigenvalue weighted by molar-refractivity contribution is 6.31. The lowest BCUT2D eigenvalue weighted by molar-refractivity contribution is 0.102. The molecule has 0 aliphatic heterocycles. The van der Waals surface area contributed by atoms with E-state index in [0.717, 1.165) is 5.56 Å². The van der Waals surface area contributed by atoms with E-state index in [1.807, 2.05) is 6.92 Å². The highest BCUT2D eigenvalue weighted by Crippen LogP contribution is 2.23. The Morgan fingerprint density at radius 3 is 2.74 bits per heavy atom. The van der Waals surface area contributed by atoms with Crippen molar-refractivity contribution in [1.82, 2.24) is 0 Å². The van der Waals surface area contributed by atoms with Crippen molar-refractivity contribution >= 4 is 28.9 Å². The van der Waals surface area contributed by atoms with Gasteiger partial charge in [-0.25, -0.2) is 4.39 Å². The van der Waals surface area contributed by atoms with Crippen molar-refractivity contribution in [2.24, 2.45) is 0 Å². The second-order valence-corrected chi connectivity index (χ2v) is 4.60. The molecule has 0 unspecified atom stereocenters. The van der Waals surface area contributed by atoms with Gasteiger partial charge in [0, 0.05) is 11.3 Å². The number of benzene rings is 2. The average molecular weight is 279 g/mol. The Labute approximate surface area is 115 Å². The first-order valence-corrected chi connectivity index (χ1v) is 5.97. The van der Waals surface area contributed by atoms with Crippen molar-refractivity contribution in [3.63, 3.8) is 0 Å². The number of anilines is 2. The Balaban J connectivity index is 2.28. The molecule has 1 amide bonds. The maximum Gasteiger partial charge on any atom is 0.255 e. The van der Waals surface area contributed by atoms with Gasteiger partial charge in [-0.2, -0.15) is 0 Å². The molecule has 0 bridgehead atoms. The number of carbonyl (C=O) groups is 1.